The molecule has 174 valence electrons. The molecule has 3 rings (SSSR count). The summed E-state index contributed by atoms with van der Waals surface area (Å²) < 4.78 is 94.5. The summed E-state index contributed by atoms with van der Waals surface area (Å²) in [7, 11) is 0. The highest BCUT2D eigenvalue weighted by Crippen LogP contribution is 2.34. The Hall–Kier alpha value is -3.09. The Balaban J connectivity index is 1.72. The first-order valence-corrected chi connectivity index (χ1v) is 10.3. The van der Waals surface area contributed by atoms with Crippen LogP contribution in [-0.4, -0.2) is 0 Å². The van der Waals surface area contributed by atoms with E-state index in [1.165, 1.54) is 6.07 Å². The maximum absolute atomic E-state index is 14.6. The standard InChI is InChI=1S/C26H21F7/c1-2-3-4-5-19-12-13-20(25(30)24(19)29)18-10-8-16(9-11-18)6-7-17-14-21(27)23(22(28)15-17)26(31,32)33/h2-3,8-15H,4-7H2,1H3/b3-2+. The van der Waals surface area contributed by atoms with E-state index in [0.29, 0.717) is 42.5 Å². The van der Waals surface area contributed by atoms with E-state index < -0.39 is 35.0 Å². The van der Waals surface area contributed by atoms with Crippen LogP contribution in [-0.2, 0) is 25.4 Å². The Kier molecular flexibility index (Phi) is 7.61. The summed E-state index contributed by atoms with van der Waals surface area (Å²) >= 11 is 0. The van der Waals surface area contributed by atoms with Gasteiger partial charge in [0.1, 0.15) is 17.2 Å². The molecular formula is C26H21F7. The van der Waals surface area contributed by atoms with Crippen LogP contribution in [0.15, 0.2) is 60.7 Å². The van der Waals surface area contributed by atoms with Gasteiger partial charge in [-0.05, 0) is 67.0 Å². The molecule has 0 aliphatic rings. The van der Waals surface area contributed by atoms with Gasteiger partial charge < -0.3 is 0 Å². The van der Waals surface area contributed by atoms with Gasteiger partial charge >= 0.3 is 6.18 Å². The van der Waals surface area contributed by atoms with Gasteiger partial charge in [-0.2, -0.15) is 13.2 Å². The zero-order valence-electron chi connectivity index (χ0n) is 17.7. The highest BCUT2D eigenvalue weighted by Gasteiger charge is 2.37. The molecule has 0 saturated carbocycles. The Labute approximate surface area is 187 Å². The number of rotatable bonds is 7. The van der Waals surface area contributed by atoms with Crippen molar-refractivity contribution in [1.82, 2.24) is 0 Å². The third-order valence-corrected chi connectivity index (χ3v) is 5.33. The van der Waals surface area contributed by atoms with Crippen LogP contribution in [0.2, 0.25) is 0 Å². The smallest absolute Gasteiger partial charge is 0.206 e. The molecule has 0 amide bonds. The number of hydrogen-bond donors (Lipinski definition) is 0. The van der Waals surface area contributed by atoms with Crippen molar-refractivity contribution in [1.29, 1.82) is 0 Å². The SMILES string of the molecule is C/C=C/CCc1ccc(-c2ccc(CCc3cc(F)c(C(F)(F)F)c(F)c3)cc2)c(F)c1F. The molecule has 0 aliphatic heterocycles. The third-order valence-electron chi connectivity index (χ3n) is 5.33. The molecule has 0 radical (unpaired) electrons. The third kappa shape index (κ3) is 5.83. The van der Waals surface area contributed by atoms with Crippen LogP contribution in [0, 0.1) is 23.3 Å². The number of alkyl halides is 3. The van der Waals surface area contributed by atoms with Crippen LogP contribution in [0.1, 0.15) is 35.6 Å². The zero-order chi connectivity index (χ0) is 24.2. The summed E-state index contributed by atoms with van der Waals surface area (Å²) in [4.78, 5) is 0. The number of aryl methyl sites for hydroxylation is 3. The van der Waals surface area contributed by atoms with Crippen molar-refractivity contribution in [2.75, 3.05) is 0 Å². The maximum atomic E-state index is 14.6. The van der Waals surface area contributed by atoms with Gasteiger partial charge in [0.2, 0.25) is 0 Å². The van der Waals surface area contributed by atoms with Gasteiger partial charge in [-0.25, -0.2) is 17.6 Å². The summed E-state index contributed by atoms with van der Waals surface area (Å²) in [5.41, 5.74) is -0.228. The van der Waals surface area contributed by atoms with Crippen LogP contribution in [0.4, 0.5) is 30.7 Å². The fraction of sp³-hybridized carbons (Fsp3) is 0.231. The van der Waals surface area contributed by atoms with E-state index >= 15 is 0 Å². The molecule has 0 saturated heterocycles. The molecule has 0 spiro atoms. The van der Waals surface area contributed by atoms with Crippen LogP contribution in [0.3, 0.4) is 0 Å². The minimum atomic E-state index is -5.11. The first-order chi connectivity index (χ1) is 15.6. The van der Waals surface area contributed by atoms with Crippen LogP contribution >= 0.6 is 0 Å². The van der Waals surface area contributed by atoms with E-state index in [0.717, 1.165) is 5.56 Å². The van der Waals surface area contributed by atoms with Crippen molar-refractivity contribution in [2.24, 2.45) is 0 Å². The highest BCUT2D eigenvalue weighted by molar-refractivity contribution is 5.65. The van der Waals surface area contributed by atoms with Gasteiger partial charge in [-0.1, -0.05) is 48.6 Å². The molecule has 0 N–H and O–H groups in total. The Bertz CT molecular complexity index is 1120. The topological polar surface area (TPSA) is 0 Å². The summed E-state index contributed by atoms with van der Waals surface area (Å²) in [6.45, 7) is 1.85. The van der Waals surface area contributed by atoms with E-state index in [4.69, 9.17) is 0 Å². The number of benzene rings is 3. The maximum Gasteiger partial charge on any atom is 0.422 e. The Morgan fingerprint density at radius 3 is 1.91 bits per heavy atom. The summed E-state index contributed by atoms with van der Waals surface area (Å²) in [5, 5.41) is 0. The van der Waals surface area contributed by atoms with Gasteiger partial charge in [0.05, 0.1) is 0 Å². The van der Waals surface area contributed by atoms with Crippen molar-refractivity contribution in [3.63, 3.8) is 0 Å². The molecule has 0 fully saturated rings. The second kappa shape index (κ2) is 10.2. The lowest BCUT2D eigenvalue weighted by Gasteiger charge is -2.11. The van der Waals surface area contributed by atoms with E-state index in [9.17, 15) is 30.7 Å². The van der Waals surface area contributed by atoms with E-state index in [1.54, 1.807) is 30.3 Å². The van der Waals surface area contributed by atoms with Crippen LogP contribution < -0.4 is 0 Å². The molecular weight excluding hydrogens is 445 g/mol. The fourth-order valence-corrected chi connectivity index (χ4v) is 3.59. The summed E-state index contributed by atoms with van der Waals surface area (Å²) in [6, 6.07) is 10.9. The number of hydrogen-bond acceptors (Lipinski definition) is 0. The first-order valence-electron chi connectivity index (χ1n) is 10.3. The highest BCUT2D eigenvalue weighted by atomic mass is 19.4. The van der Waals surface area contributed by atoms with Crippen molar-refractivity contribution in [3.8, 4) is 11.1 Å². The molecule has 3 aromatic rings. The molecule has 0 heterocycles. The molecule has 7 heteroatoms. The van der Waals surface area contributed by atoms with Gasteiger partial charge in [0.25, 0.3) is 0 Å². The lowest BCUT2D eigenvalue weighted by atomic mass is 9.97. The minimum Gasteiger partial charge on any atom is -0.206 e. The molecule has 0 aromatic heterocycles. The van der Waals surface area contributed by atoms with Gasteiger partial charge in [-0.15, -0.1) is 0 Å². The van der Waals surface area contributed by atoms with E-state index in [-0.39, 0.29) is 17.5 Å². The Morgan fingerprint density at radius 1 is 0.727 bits per heavy atom. The van der Waals surface area contributed by atoms with Gasteiger partial charge in [-0.3, -0.25) is 0 Å². The minimum absolute atomic E-state index is 0.0868. The van der Waals surface area contributed by atoms with Gasteiger partial charge in [0, 0.05) is 5.56 Å². The monoisotopic (exact) mass is 466 g/mol. The molecule has 0 nitrogen and oxygen atoms in total. The predicted molar refractivity (Wildman–Crippen MR) is 114 cm³/mol. The molecule has 3 aromatic carbocycles. The fourth-order valence-electron chi connectivity index (χ4n) is 3.59. The number of halogens is 7. The van der Waals surface area contributed by atoms with Crippen molar-refractivity contribution >= 4 is 0 Å². The van der Waals surface area contributed by atoms with Crippen molar-refractivity contribution in [2.45, 2.75) is 38.8 Å². The largest absolute Gasteiger partial charge is 0.422 e. The molecule has 33 heavy (non-hydrogen) atoms. The Morgan fingerprint density at radius 2 is 1.33 bits per heavy atom. The lowest BCUT2D eigenvalue weighted by molar-refractivity contribution is -0.142. The summed E-state index contributed by atoms with van der Waals surface area (Å²) in [6.07, 6.45) is -0.000237. The van der Waals surface area contributed by atoms with Gasteiger partial charge in [0.15, 0.2) is 11.6 Å². The lowest BCUT2D eigenvalue weighted by Crippen LogP contribution is -2.12. The zero-order valence-corrected chi connectivity index (χ0v) is 17.7. The number of allylic oxidation sites excluding steroid dienone is 2. The molecule has 0 unspecified atom stereocenters. The van der Waals surface area contributed by atoms with Crippen molar-refractivity contribution < 1.29 is 30.7 Å². The van der Waals surface area contributed by atoms with E-state index in [1.807, 2.05) is 19.1 Å². The van der Waals surface area contributed by atoms with E-state index in [2.05, 4.69) is 0 Å². The average molecular weight is 466 g/mol. The normalized spacial score (nSPS) is 12.0. The quantitative estimate of drug-likeness (QED) is 0.243. The second-order valence-electron chi connectivity index (χ2n) is 7.64. The predicted octanol–water partition coefficient (Wildman–Crippen LogP) is 8.22. The molecule has 0 aliphatic carbocycles. The summed E-state index contributed by atoms with van der Waals surface area (Å²) in [5.74, 6) is -5.12. The van der Waals surface area contributed by atoms with Crippen molar-refractivity contribution in [3.05, 3.63) is 106 Å². The first kappa shape index (κ1) is 24.6. The van der Waals surface area contributed by atoms with Crippen LogP contribution in [0.5, 0.6) is 0 Å². The van der Waals surface area contributed by atoms with Crippen LogP contribution in [0.25, 0.3) is 11.1 Å². The molecule has 0 bridgehead atoms. The second-order valence-corrected chi connectivity index (χ2v) is 7.64. The average Bonchev–Trinajstić information content (AvgIpc) is 2.74. The molecule has 0 atom stereocenters.